The van der Waals surface area contributed by atoms with Crippen LogP contribution in [0, 0.1) is 0 Å². The summed E-state index contributed by atoms with van der Waals surface area (Å²) in [5.41, 5.74) is 2.23. The van der Waals surface area contributed by atoms with Crippen LogP contribution in [0.4, 0.5) is 0 Å². The molecule has 21 heavy (non-hydrogen) atoms. The Morgan fingerprint density at radius 1 is 1.43 bits per heavy atom. The van der Waals surface area contributed by atoms with Gasteiger partial charge >= 0.3 is 0 Å². The molecule has 1 fully saturated rings. The number of ether oxygens (including phenoxy) is 1. The highest BCUT2D eigenvalue weighted by atomic mass is 16.5. The third kappa shape index (κ3) is 4.04. The van der Waals surface area contributed by atoms with Gasteiger partial charge < -0.3 is 15.0 Å². The number of aryl methyl sites for hydroxylation is 2. The zero-order chi connectivity index (χ0) is 15.2. The Labute approximate surface area is 126 Å². The van der Waals surface area contributed by atoms with Crippen molar-refractivity contribution in [2.24, 2.45) is 0 Å². The highest BCUT2D eigenvalue weighted by Gasteiger charge is 2.22. The van der Waals surface area contributed by atoms with E-state index in [9.17, 15) is 4.79 Å². The van der Waals surface area contributed by atoms with Gasteiger partial charge in [0.25, 0.3) is 0 Å². The smallest absolute Gasteiger partial charge is 0.239 e. The largest absolute Gasteiger partial charge is 0.378 e. The molecule has 1 aromatic rings. The molecular weight excluding hydrogens is 268 g/mol. The molecule has 1 amide bonds. The fraction of sp³-hybridized carbons (Fsp3) is 0.733. The molecule has 2 heterocycles. The van der Waals surface area contributed by atoms with Crippen LogP contribution in [-0.2, 0) is 29.0 Å². The van der Waals surface area contributed by atoms with E-state index in [0.717, 1.165) is 24.4 Å². The maximum absolute atomic E-state index is 12.3. The van der Waals surface area contributed by atoms with E-state index in [1.807, 2.05) is 16.5 Å². The highest BCUT2D eigenvalue weighted by molar-refractivity contribution is 5.81. The first-order chi connectivity index (χ1) is 10.2. The number of carbonyl (C=O) groups excluding carboxylic acids is 1. The van der Waals surface area contributed by atoms with Gasteiger partial charge in [0.05, 0.1) is 30.6 Å². The van der Waals surface area contributed by atoms with Crippen molar-refractivity contribution < 1.29 is 9.53 Å². The Hall–Kier alpha value is -1.40. The van der Waals surface area contributed by atoms with Gasteiger partial charge in [0.2, 0.25) is 5.91 Å². The van der Waals surface area contributed by atoms with E-state index in [1.54, 1.807) is 0 Å². The van der Waals surface area contributed by atoms with E-state index < -0.39 is 0 Å². The summed E-state index contributed by atoms with van der Waals surface area (Å²) in [5.74, 6) is 0.150. The SMILES string of the molecule is CCc1cc(CNC(C)C(=O)N2CCOCC2)n(CC)n1. The molecular formula is C15H26N4O2. The average Bonchev–Trinajstić information content (AvgIpc) is 2.95. The molecule has 1 aromatic heterocycles. The Kier molecular flexibility index (Phi) is 5.76. The summed E-state index contributed by atoms with van der Waals surface area (Å²) < 4.78 is 7.28. The number of amides is 1. The quantitative estimate of drug-likeness (QED) is 0.843. The Balaban J connectivity index is 1.89. The molecule has 0 aromatic carbocycles. The second-order valence-electron chi connectivity index (χ2n) is 5.34. The van der Waals surface area contributed by atoms with Crippen molar-refractivity contribution in [1.82, 2.24) is 20.0 Å². The maximum Gasteiger partial charge on any atom is 0.239 e. The van der Waals surface area contributed by atoms with Crippen LogP contribution >= 0.6 is 0 Å². The van der Waals surface area contributed by atoms with E-state index in [0.29, 0.717) is 32.8 Å². The molecule has 1 saturated heterocycles. The predicted molar refractivity (Wildman–Crippen MR) is 81.0 cm³/mol. The maximum atomic E-state index is 12.3. The summed E-state index contributed by atoms with van der Waals surface area (Å²) in [6.07, 6.45) is 0.933. The lowest BCUT2D eigenvalue weighted by molar-refractivity contribution is -0.137. The second kappa shape index (κ2) is 7.56. The van der Waals surface area contributed by atoms with Crippen LogP contribution in [0.15, 0.2) is 6.07 Å². The van der Waals surface area contributed by atoms with Crippen LogP contribution in [0.25, 0.3) is 0 Å². The third-order valence-electron chi connectivity index (χ3n) is 3.86. The van der Waals surface area contributed by atoms with Crippen molar-refractivity contribution >= 4 is 5.91 Å². The lowest BCUT2D eigenvalue weighted by Gasteiger charge is -2.29. The van der Waals surface area contributed by atoms with Gasteiger partial charge in [0.1, 0.15) is 0 Å². The van der Waals surface area contributed by atoms with Gasteiger partial charge in [-0.15, -0.1) is 0 Å². The molecule has 1 unspecified atom stereocenters. The van der Waals surface area contributed by atoms with Gasteiger partial charge in [-0.25, -0.2) is 0 Å². The van der Waals surface area contributed by atoms with E-state index >= 15 is 0 Å². The van der Waals surface area contributed by atoms with E-state index in [1.165, 1.54) is 0 Å². The van der Waals surface area contributed by atoms with Crippen LogP contribution < -0.4 is 5.32 Å². The molecule has 1 atom stereocenters. The number of hydrogen-bond acceptors (Lipinski definition) is 4. The topological polar surface area (TPSA) is 59.4 Å². The average molecular weight is 294 g/mol. The zero-order valence-electron chi connectivity index (χ0n) is 13.3. The zero-order valence-corrected chi connectivity index (χ0v) is 13.3. The number of carbonyl (C=O) groups is 1. The Morgan fingerprint density at radius 3 is 2.76 bits per heavy atom. The minimum absolute atomic E-state index is 0.150. The highest BCUT2D eigenvalue weighted by Crippen LogP contribution is 2.07. The van der Waals surface area contributed by atoms with Crippen molar-refractivity contribution in [3.8, 4) is 0 Å². The van der Waals surface area contributed by atoms with Crippen molar-refractivity contribution in [1.29, 1.82) is 0 Å². The predicted octanol–water partition coefficient (Wildman–Crippen LogP) is 0.802. The standard InChI is InChI=1S/C15H26N4O2/c1-4-13-10-14(19(5-2)17-13)11-16-12(3)15(20)18-6-8-21-9-7-18/h10,12,16H,4-9,11H2,1-3H3. The number of morpholine rings is 1. The summed E-state index contributed by atoms with van der Waals surface area (Å²) in [7, 11) is 0. The molecule has 118 valence electrons. The first-order valence-corrected chi connectivity index (χ1v) is 7.81. The number of rotatable bonds is 6. The van der Waals surface area contributed by atoms with E-state index in [2.05, 4.69) is 30.3 Å². The molecule has 0 radical (unpaired) electrons. The van der Waals surface area contributed by atoms with Crippen LogP contribution in [0.5, 0.6) is 0 Å². The normalized spacial score (nSPS) is 17.0. The van der Waals surface area contributed by atoms with Gasteiger partial charge in [-0.05, 0) is 26.3 Å². The Morgan fingerprint density at radius 2 is 2.14 bits per heavy atom. The van der Waals surface area contributed by atoms with Crippen molar-refractivity contribution in [3.63, 3.8) is 0 Å². The lowest BCUT2D eigenvalue weighted by Crippen LogP contribution is -2.49. The number of aromatic nitrogens is 2. The molecule has 0 saturated carbocycles. The fourth-order valence-corrected chi connectivity index (χ4v) is 2.51. The van der Waals surface area contributed by atoms with Crippen LogP contribution in [0.1, 0.15) is 32.2 Å². The summed E-state index contributed by atoms with van der Waals surface area (Å²) in [6.45, 7) is 10.3. The van der Waals surface area contributed by atoms with Crippen molar-refractivity contribution in [3.05, 3.63) is 17.5 Å². The van der Waals surface area contributed by atoms with Crippen molar-refractivity contribution in [2.45, 2.75) is 46.3 Å². The molecule has 0 spiro atoms. The molecule has 6 nitrogen and oxygen atoms in total. The van der Waals surface area contributed by atoms with Crippen molar-refractivity contribution in [2.75, 3.05) is 26.3 Å². The second-order valence-corrected chi connectivity index (χ2v) is 5.34. The number of nitrogens with zero attached hydrogens (tertiary/aromatic N) is 3. The minimum atomic E-state index is -0.187. The third-order valence-corrected chi connectivity index (χ3v) is 3.86. The molecule has 2 rings (SSSR count). The lowest BCUT2D eigenvalue weighted by atomic mass is 10.2. The summed E-state index contributed by atoms with van der Waals surface area (Å²) in [4.78, 5) is 14.2. The summed E-state index contributed by atoms with van der Waals surface area (Å²) >= 11 is 0. The van der Waals surface area contributed by atoms with Gasteiger partial charge in [-0.3, -0.25) is 9.48 Å². The monoisotopic (exact) mass is 294 g/mol. The minimum Gasteiger partial charge on any atom is -0.378 e. The molecule has 1 aliphatic heterocycles. The van der Waals surface area contributed by atoms with Crippen LogP contribution in [0.2, 0.25) is 0 Å². The Bertz CT molecular complexity index is 466. The molecule has 0 aliphatic carbocycles. The first kappa shape index (κ1) is 16.0. The molecule has 1 aliphatic rings. The molecule has 1 N–H and O–H groups in total. The van der Waals surface area contributed by atoms with Gasteiger partial charge in [0, 0.05) is 26.2 Å². The van der Waals surface area contributed by atoms with Crippen LogP contribution in [-0.4, -0.2) is 52.9 Å². The van der Waals surface area contributed by atoms with Gasteiger partial charge in [-0.1, -0.05) is 6.92 Å². The summed E-state index contributed by atoms with van der Waals surface area (Å²) in [5, 5.41) is 7.84. The summed E-state index contributed by atoms with van der Waals surface area (Å²) in [6, 6.07) is 1.93. The van der Waals surface area contributed by atoms with E-state index in [-0.39, 0.29) is 11.9 Å². The first-order valence-electron chi connectivity index (χ1n) is 7.81. The van der Waals surface area contributed by atoms with E-state index in [4.69, 9.17) is 4.74 Å². The molecule has 0 bridgehead atoms. The van der Waals surface area contributed by atoms with Crippen LogP contribution in [0.3, 0.4) is 0 Å². The molecule has 6 heteroatoms. The van der Waals surface area contributed by atoms with Gasteiger partial charge in [0.15, 0.2) is 0 Å². The number of hydrogen-bond donors (Lipinski definition) is 1. The fourth-order valence-electron chi connectivity index (χ4n) is 2.51. The van der Waals surface area contributed by atoms with Gasteiger partial charge in [-0.2, -0.15) is 5.10 Å². The number of nitrogens with one attached hydrogen (secondary N) is 1.